The Kier molecular flexibility index (Phi) is 6.88. The van der Waals surface area contributed by atoms with E-state index in [9.17, 15) is 17.6 Å². The van der Waals surface area contributed by atoms with E-state index in [1.54, 1.807) is 48.7 Å². The minimum Gasteiger partial charge on any atom is -0.325 e. The van der Waals surface area contributed by atoms with E-state index in [1.807, 2.05) is 0 Å². The van der Waals surface area contributed by atoms with E-state index in [1.165, 1.54) is 24.3 Å². The van der Waals surface area contributed by atoms with Gasteiger partial charge in [-0.1, -0.05) is 23.7 Å². The van der Waals surface area contributed by atoms with Crippen molar-refractivity contribution in [1.29, 1.82) is 0 Å². The fraction of sp³-hybridized carbons (Fsp3) is 0.115. The Labute approximate surface area is 218 Å². The number of fused-ring (bicyclic) bond motifs is 3. The van der Waals surface area contributed by atoms with E-state index in [-0.39, 0.29) is 35.5 Å². The lowest BCUT2D eigenvalue weighted by Gasteiger charge is -2.11. The Morgan fingerprint density at radius 3 is 2.65 bits per heavy atom. The first-order valence-corrected chi connectivity index (χ1v) is 13.2. The number of aromatic nitrogens is 2. The topological polar surface area (TPSA) is 113 Å². The minimum absolute atomic E-state index is 0.0931. The Balaban J connectivity index is 1.30. The van der Waals surface area contributed by atoms with Gasteiger partial charge in [-0.25, -0.2) is 27.5 Å². The molecule has 0 atom stereocenters. The second-order valence-electron chi connectivity index (χ2n) is 8.41. The van der Waals surface area contributed by atoms with Gasteiger partial charge in [0.2, 0.25) is 21.9 Å². The third kappa shape index (κ3) is 5.77. The van der Waals surface area contributed by atoms with Gasteiger partial charge in [-0.15, -0.1) is 0 Å². The molecule has 37 heavy (non-hydrogen) atoms. The van der Waals surface area contributed by atoms with Crippen molar-refractivity contribution in [2.75, 3.05) is 17.2 Å². The number of rotatable bonds is 7. The highest BCUT2D eigenvalue weighted by Gasteiger charge is 2.21. The Bertz CT molecular complexity index is 1600. The van der Waals surface area contributed by atoms with Gasteiger partial charge < -0.3 is 10.6 Å². The Morgan fingerprint density at radius 2 is 1.86 bits per heavy atom. The van der Waals surface area contributed by atoms with Crippen molar-refractivity contribution in [1.82, 2.24) is 14.7 Å². The van der Waals surface area contributed by atoms with Gasteiger partial charge in [-0.2, -0.15) is 0 Å². The van der Waals surface area contributed by atoms with Crippen LogP contribution in [-0.2, 0) is 27.7 Å². The van der Waals surface area contributed by atoms with Crippen LogP contribution in [0.3, 0.4) is 0 Å². The summed E-state index contributed by atoms with van der Waals surface area (Å²) in [5.74, 6) is -0.258. The lowest BCUT2D eigenvalue weighted by Crippen LogP contribution is -2.26. The molecule has 0 saturated carbocycles. The molecule has 3 aromatic carbocycles. The average molecular weight is 538 g/mol. The van der Waals surface area contributed by atoms with E-state index in [2.05, 4.69) is 25.3 Å². The van der Waals surface area contributed by atoms with E-state index in [4.69, 9.17) is 11.6 Å². The molecule has 0 unspecified atom stereocenters. The number of nitrogens with zero attached hydrogens (tertiary/aromatic N) is 2. The molecular weight excluding hydrogens is 517 g/mol. The van der Waals surface area contributed by atoms with Crippen LogP contribution in [-0.4, -0.2) is 30.8 Å². The van der Waals surface area contributed by atoms with Crippen molar-refractivity contribution in [3.63, 3.8) is 0 Å². The van der Waals surface area contributed by atoms with Gasteiger partial charge in [0, 0.05) is 34.6 Å². The van der Waals surface area contributed by atoms with Crippen molar-refractivity contribution in [2.24, 2.45) is 0 Å². The number of benzene rings is 3. The first kappa shape index (κ1) is 24.8. The van der Waals surface area contributed by atoms with Crippen LogP contribution < -0.4 is 15.4 Å². The first-order chi connectivity index (χ1) is 17.8. The summed E-state index contributed by atoms with van der Waals surface area (Å²) < 4.78 is 41.1. The average Bonchev–Trinajstić information content (AvgIpc) is 2.99. The number of anilines is 3. The number of sulfonamides is 1. The molecule has 3 N–H and O–H groups in total. The fourth-order valence-corrected chi connectivity index (χ4v) is 5.18. The zero-order valence-electron chi connectivity index (χ0n) is 19.3. The fourth-order valence-electron chi connectivity index (χ4n) is 3.98. The predicted octanol–water partition coefficient (Wildman–Crippen LogP) is 4.70. The number of carbonyl (C=O) groups is 1. The maximum atomic E-state index is 13.3. The highest BCUT2D eigenvalue weighted by atomic mass is 35.5. The third-order valence-corrected chi connectivity index (χ3v) is 7.45. The summed E-state index contributed by atoms with van der Waals surface area (Å²) in [5, 5.41) is 6.40. The van der Waals surface area contributed by atoms with Crippen LogP contribution in [0.4, 0.5) is 21.7 Å². The number of hydrogen-bond donors (Lipinski definition) is 3. The number of amides is 1. The molecule has 0 radical (unpaired) electrons. The van der Waals surface area contributed by atoms with Crippen molar-refractivity contribution in [2.45, 2.75) is 17.7 Å². The quantitative estimate of drug-likeness (QED) is 0.315. The second kappa shape index (κ2) is 10.3. The van der Waals surface area contributed by atoms with E-state index >= 15 is 0 Å². The molecule has 4 aromatic rings. The number of halogens is 2. The molecule has 0 fully saturated rings. The van der Waals surface area contributed by atoms with Gasteiger partial charge in [-0.05, 0) is 66.6 Å². The molecule has 11 heteroatoms. The van der Waals surface area contributed by atoms with Crippen LogP contribution in [0.2, 0.25) is 5.02 Å². The van der Waals surface area contributed by atoms with E-state index < -0.39 is 10.0 Å². The molecular formula is C26H21ClFN5O3S. The number of nitrogens with one attached hydrogen (secondary N) is 3. The van der Waals surface area contributed by atoms with Gasteiger partial charge in [-0.3, -0.25) is 4.79 Å². The lowest BCUT2D eigenvalue weighted by atomic mass is 10.1. The van der Waals surface area contributed by atoms with Gasteiger partial charge in [0.05, 0.1) is 22.7 Å². The highest BCUT2D eigenvalue weighted by molar-refractivity contribution is 7.89. The van der Waals surface area contributed by atoms with Crippen LogP contribution in [0.25, 0.3) is 11.3 Å². The van der Waals surface area contributed by atoms with Crippen LogP contribution in [0.15, 0.2) is 77.8 Å². The molecule has 1 aliphatic heterocycles. The Hall–Kier alpha value is -3.86. The molecule has 5 rings (SSSR count). The molecule has 0 spiro atoms. The summed E-state index contributed by atoms with van der Waals surface area (Å²) in [5.41, 5.74) is 3.85. The SMILES string of the molecule is O=C1Cc2cnc(Nc3ccc(S(=O)(=O)NCCc4cccc(F)c4)cc3)nc2-c2ccc(Cl)cc2N1. The maximum Gasteiger partial charge on any atom is 0.240 e. The smallest absolute Gasteiger partial charge is 0.240 e. The number of hydrogen-bond acceptors (Lipinski definition) is 6. The summed E-state index contributed by atoms with van der Waals surface area (Å²) in [6.45, 7) is 0.138. The van der Waals surface area contributed by atoms with Crippen LogP contribution in [0.1, 0.15) is 11.1 Å². The highest BCUT2D eigenvalue weighted by Crippen LogP contribution is 2.34. The van der Waals surface area contributed by atoms with Crippen LogP contribution in [0.5, 0.6) is 0 Å². The van der Waals surface area contributed by atoms with Crippen molar-refractivity contribution < 1.29 is 17.6 Å². The largest absolute Gasteiger partial charge is 0.325 e. The van der Waals surface area contributed by atoms with Crippen LogP contribution >= 0.6 is 11.6 Å². The Morgan fingerprint density at radius 1 is 1.05 bits per heavy atom. The molecule has 0 aliphatic carbocycles. The third-order valence-electron chi connectivity index (χ3n) is 5.74. The van der Waals surface area contributed by atoms with Gasteiger partial charge in [0.15, 0.2) is 0 Å². The summed E-state index contributed by atoms with van der Waals surface area (Å²) in [4.78, 5) is 21.3. The zero-order valence-corrected chi connectivity index (χ0v) is 20.9. The lowest BCUT2D eigenvalue weighted by molar-refractivity contribution is -0.115. The second-order valence-corrected chi connectivity index (χ2v) is 10.6. The summed E-state index contributed by atoms with van der Waals surface area (Å²) >= 11 is 6.09. The summed E-state index contributed by atoms with van der Waals surface area (Å²) in [6, 6.07) is 17.4. The predicted molar refractivity (Wildman–Crippen MR) is 140 cm³/mol. The van der Waals surface area contributed by atoms with Crippen molar-refractivity contribution >= 4 is 44.9 Å². The van der Waals surface area contributed by atoms with Gasteiger partial charge >= 0.3 is 0 Å². The molecule has 1 aliphatic rings. The molecule has 188 valence electrons. The zero-order chi connectivity index (χ0) is 26.0. The molecule has 1 amide bonds. The monoisotopic (exact) mass is 537 g/mol. The van der Waals surface area contributed by atoms with Gasteiger partial charge in [0.1, 0.15) is 5.82 Å². The summed E-state index contributed by atoms with van der Waals surface area (Å²) in [6.07, 6.45) is 2.08. The van der Waals surface area contributed by atoms with Gasteiger partial charge in [0.25, 0.3) is 0 Å². The summed E-state index contributed by atoms with van der Waals surface area (Å²) in [7, 11) is -3.74. The molecule has 0 saturated heterocycles. The molecule has 0 bridgehead atoms. The van der Waals surface area contributed by atoms with E-state index in [0.29, 0.717) is 39.6 Å². The maximum absolute atomic E-state index is 13.3. The normalized spacial score (nSPS) is 12.8. The van der Waals surface area contributed by atoms with Crippen molar-refractivity contribution in [3.8, 4) is 11.3 Å². The molecule has 1 aromatic heterocycles. The molecule has 2 heterocycles. The van der Waals surface area contributed by atoms with Crippen LogP contribution in [0, 0.1) is 5.82 Å². The first-order valence-electron chi connectivity index (χ1n) is 11.3. The number of carbonyl (C=O) groups excluding carboxylic acids is 1. The van der Waals surface area contributed by atoms with Crippen molar-refractivity contribution in [3.05, 3.63) is 94.9 Å². The molecule has 8 nitrogen and oxygen atoms in total. The minimum atomic E-state index is -3.74. The van der Waals surface area contributed by atoms with E-state index in [0.717, 1.165) is 5.56 Å². The standard InChI is InChI=1S/C26H21ClFN5O3S/c27-18-4-9-22-23(14-18)32-24(34)13-17-15-29-26(33-25(17)22)31-20-5-7-21(8-6-20)37(35,36)30-11-10-16-2-1-3-19(28)12-16/h1-9,12,14-15,30H,10-11,13H2,(H,32,34)(H,29,31,33).